The van der Waals surface area contributed by atoms with Gasteiger partial charge in [-0.3, -0.25) is 4.68 Å². The second kappa shape index (κ2) is 6.66. The summed E-state index contributed by atoms with van der Waals surface area (Å²) in [4.78, 5) is 7.69. The summed E-state index contributed by atoms with van der Waals surface area (Å²) in [6.07, 6.45) is 1.97. The van der Waals surface area contributed by atoms with E-state index in [-0.39, 0.29) is 15.9 Å². The zero-order chi connectivity index (χ0) is 16.4. The van der Waals surface area contributed by atoms with E-state index in [1.54, 1.807) is 16.9 Å². The lowest BCUT2D eigenvalue weighted by atomic mass is 10.1. The summed E-state index contributed by atoms with van der Waals surface area (Å²) >= 11 is 12.0. The van der Waals surface area contributed by atoms with Crippen LogP contribution in [0.1, 0.15) is 28.5 Å². The summed E-state index contributed by atoms with van der Waals surface area (Å²) in [5.74, 6) is 0. The molecule has 0 aliphatic heterocycles. The molecule has 2 heterocycles. The molecule has 0 spiro atoms. The Morgan fingerprint density at radius 3 is 2.61 bits per heavy atom. The number of aryl methyl sites for hydroxylation is 1. The van der Waals surface area contributed by atoms with Gasteiger partial charge in [-0.2, -0.15) is 5.10 Å². The summed E-state index contributed by atoms with van der Waals surface area (Å²) in [7, 11) is 0. The van der Waals surface area contributed by atoms with E-state index in [1.807, 2.05) is 25.1 Å². The van der Waals surface area contributed by atoms with Gasteiger partial charge in [-0.1, -0.05) is 53.0 Å². The molecule has 0 aliphatic rings. The highest BCUT2D eigenvalue weighted by Crippen LogP contribution is 2.30. The molecule has 118 valence electrons. The maximum absolute atomic E-state index is 10.5. The van der Waals surface area contributed by atoms with Crippen LogP contribution in [0, 0.1) is 6.92 Å². The molecule has 3 aromatic rings. The molecule has 1 aromatic carbocycles. The molecule has 0 saturated heterocycles. The average Bonchev–Trinajstić information content (AvgIpc) is 2.95. The lowest BCUT2D eigenvalue weighted by molar-refractivity contribution is 0.213. The molecule has 1 unspecified atom stereocenters. The zero-order valence-corrected chi connectivity index (χ0v) is 13.8. The van der Waals surface area contributed by atoms with Crippen molar-refractivity contribution in [2.75, 3.05) is 0 Å². The molecule has 1 atom stereocenters. The Bertz CT molecular complexity index is 814. The molecular formula is C16H14Cl2N4O. The Labute approximate surface area is 143 Å². The van der Waals surface area contributed by atoms with Crippen LogP contribution in [0.4, 0.5) is 0 Å². The summed E-state index contributed by atoms with van der Waals surface area (Å²) in [5, 5.41) is 15.1. The van der Waals surface area contributed by atoms with Crippen molar-refractivity contribution < 1.29 is 5.11 Å². The van der Waals surface area contributed by atoms with Crippen LogP contribution < -0.4 is 0 Å². The SMILES string of the molecule is Cc1cccc(Cn2ccc(C(O)c3c(Cl)ncnc3Cl)n2)c1. The van der Waals surface area contributed by atoms with Crippen LogP contribution in [0.2, 0.25) is 10.3 Å². The van der Waals surface area contributed by atoms with Crippen LogP contribution in [0.5, 0.6) is 0 Å². The first-order valence-corrected chi connectivity index (χ1v) is 7.73. The Balaban J connectivity index is 1.84. The standard InChI is InChI=1S/C16H14Cl2N4O/c1-10-3-2-4-11(7-10)8-22-6-5-12(21-22)14(23)13-15(17)19-9-20-16(13)18/h2-7,9,14,23H,8H2,1H3. The highest BCUT2D eigenvalue weighted by atomic mass is 35.5. The van der Waals surface area contributed by atoms with Crippen molar-refractivity contribution >= 4 is 23.2 Å². The van der Waals surface area contributed by atoms with Gasteiger partial charge in [0.05, 0.1) is 17.8 Å². The predicted molar refractivity (Wildman–Crippen MR) is 88.6 cm³/mol. The lowest BCUT2D eigenvalue weighted by Gasteiger charge is -2.10. The minimum Gasteiger partial charge on any atom is -0.382 e. The maximum atomic E-state index is 10.5. The Hall–Kier alpha value is -1.95. The molecular weight excluding hydrogens is 335 g/mol. The predicted octanol–water partition coefficient (Wildman–Crippen LogP) is 3.42. The van der Waals surface area contributed by atoms with Crippen LogP contribution in [0.25, 0.3) is 0 Å². The minimum atomic E-state index is -1.07. The third kappa shape index (κ3) is 3.52. The van der Waals surface area contributed by atoms with E-state index in [1.165, 1.54) is 11.9 Å². The van der Waals surface area contributed by atoms with Gasteiger partial charge in [0.25, 0.3) is 0 Å². The van der Waals surface area contributed by atoms with Gasteiger partial charge in [0.2, 0.25) is 0 Å². The topological polar surface area (TPSA) is 63.8 Å². The van der Waals surface area contributed by atoms with Gasteiger partial charge in [-0.25, -0.2) is 9.97 Å². The van der Waals surface area contributed by atoms with E-state index >= 15 is 0 Å². The van der Waals surface area contributed by atoms with Gasteiger partial charge in [-0.05, 0) is 18.6 Å². The normalized spacial score (nSPS) is 12.3. The molecule has 3 rings (SSSR count). The smallest absolute Gasteiger partial charge is 0.140 e. The molecule has 7 heteroatoms. The lowest BCUT2D eigenvalue weighted by Crippen LogP contribution is -2.07. The van der Waals surface area contributed by atoms with Gasteiger partial charge in [-0.15, -0.1) is 0 Å². The highest BCUT2D eigenvalue weighted by Gasteiger charge is 2.21. The fraction of sp³-hybridized carbons (Fsp3) is 0.188. The Kier molecular flexibility index (Phi) is 4.61. The van der Waals surface area contributed by atoms with Gasteiger partial charge < -0.3 is 5.11 Å². The monoisotopic (exact) mass is 348 g/mol. The van der Waals surface area contributed by atoms with Gasteiger partial charge in [0.1, 0.15) is 22.7 Å². The molecule has 5 nitrogen and oxygen atoms in total. The van der Waals surface area contributed by atoms with Crippen molar-refractivity contribution in [3.63, 3.8) is 0 Å². The van der Waals surface area contributed by atoms with Crippen molar-refractivity contribution in [1.29, 1.82) is 0 Å². The van der Waals surface area contributed by atoms with Crippen molar-refractivity contribution in [1.82, 2.24) is 19.7 Å². The van der Waals surface area contributed by atoms with E-state index in [2.05, 4.69) is 21.1 Å². The molecule has 23 heavy (non-hydrogen) atoms. The van der Waals surface area contributed by atoms with Crippen LogP contribution >= 0.6 is 23.2 Å². The van der Waals surface area contributed by atoms with E-state index in [4.69, 9.17) is 23.2 Å². The molecule has 0 amide bonds. The minimum absolute atomic E-state index is 0.116. The van der Waals surface area contributed by atoms with E-state index in [0.717, 1.165) is 5.56 Å². The number of halogens is 2. The maximum Gasteiger partial charge on any atom is 0.140 e. The molecule has 0 saturated carbocycles. The first-order valence-electron chi connectivity index (χ1n) is 6.97. The number of nitrogens with zero attached hydrogens (tertiary/aromatic N) is 4. The summed E-state index contributed by atoms with van der Waals surface area (Å²) in [6, 6.07) is 9.90. The van der Waals surface area contributed by atoms with Crippen LogP contribution in [0.15, 0.2) is 42.9 Å². The van der Waals surface area contributed by atoms with Gasteiger partial charge in [0, 0.05) is 6.20 Å². The van der Waals surface area contributed by atoms with Crippen LogP contribution in [0.3, 0.4) is 0 Å². The summed E-state index contributed by atoms with van der Waals surface area (Å²) < 4.78 is 1.75. The first kappa shape index (κ1) is 15.9. The molecule has 2 aromatic heterocycles. The molecule has 0 bridgehead atoms. The van der Waals surface area contributed by atoms with Gasteiger partial charge >= 0.3 is 0 Å². The van der Waals surface area contributed by atoms with Crippen LogP contribution in [-0.2, 0) is 6.54 Å². The summed E-state index contributed by atoms with van der Waals surface area (Å²) in [6.45, 7) is 2.66. The fourth-order valence-corrected chi connectivity index (χ4v) is 2.86. The van der Waals surface area contributed by atoms with E-state index < -0.39 is 6.10 Å². The second-order valence-corrected chi connectivity index (χ2v) is 5.91. The van der Waals surface area contributed by atoms with E-state index in [0.29, 0.717) is 12.2 Å². The molecule has 0 aliphatic carbocycles. The number of aliphatic hydroxyl groups is 1. The van der Waals surface area contributed by atoms with Crippen LogP contribution in [-0.4, -0.2) is 24.9 Å². The number of benzene rings is 1. The largest absolute Gasteiger partial charge is 0.382 e. The highest BCUT2D eigenvalue weighted by molar-refractivity contribution is 6.34. The van der Waals surface area contributed by atoms with Crippen molar-refractivity contribution in [3.05, 3.63) is 75.5 Å². The number of hydrogen-bond donors (Lipinski definition) is 1. The Morgan fingerprint density at radius 2 is 1.91 bits per heavy atom. The third-order valence-corrected chi connectivity index (χ3v) is 4.03. The zero-order valence-electron chi connectivity index (χ0n) is 12.3. The van der Waals surface area contributed by atoms with Crippen molar-refractivity contribution in [3.8, 4) is 0 Å². The fourth-order valence-electron chi connectivity index (χ4n) is 2.34. The number of rotatable bonds is 4. The van der Waals surface area contributed by atoms with Gasteiger partial charge in [0.15, 0.2) is 0 Å². The second-order valence-electron chi connectivity index (χ2n) is 5.20. The third-order valence-electron chi connectivity index (χ3n) is 3.43. The van der Waals surface area contributed by atoms with Crippen molar-refractivity contribution in [2.24, 2.45) is 0 Å². The number of hydrogen-bond acceptors (Lipinski definition) is 4. The quantitative estimate of drug-likeness (QED) is 0.733. The Morgan fingerprint density at radius 1 is 1.17 bits per heavy atom. The average molecular weight is 349 g/mol. The first-order chi connectivity index (χ1) is 11.0. The molecule has 1 N–H and O–H groups in total. The summed E-state index contributed by atoms with van der Waals surface area (Å²) in [5.41, 5.74) is 3.02. The molecule has 0 radical (unpaired) electrons. The van der Waals surface area contributed by atoms with Crippen molar-refractivity contribution in [2.45, 2.75) is 19.6 Å². The van der Waals surface area contributed by atoms with E-state index in [9.17, 15) is 5.11 Å². The number of aliphatic hydroxyl groups excluding tert-OH is 1. The molecule has 0 fully saturated rings. The number of aromatic nitrogens is 4.